The highest BCUT2D eigenvalue weighted by atomic mass is 32.1. The number of carbonyl (C=O) groups excluding carboxylic acids is 1. The molecule has 33 heavy (non-hydrogen) atoms. The molecule has 1 aliphatic heterocycles. The molecule has 172 valence electrons. The van der Waals surface area contributed by atoms with E-state index in [4.69, 9.17) is 14.2 Å². The zero-order valence-electron chi connectivity index (χ0n) is 18.7. The monoisotopic (exact) mass is 464 g/mol. The lowest BCUT2D eigenvalue weighted by molar-refractivity contribution is 0.0877. The Morgan fingerprint density at radius 1 is 1.24 bits per heavy atom. The van der Waals surface area contributed by atoms with E-state index in [2.05, 4.69) is 28.5 Å². The van der Waals surface area contributed by atoms with Crippen LogP contribution in [0.1, 0.15) is 48.3 Å². The summed E-state index contributed by atoms with van der Waals surface area (Å²) in [6.07, 6.45) is 16.9. The van der Waals surface area contributed by atoms with E-state index in [0.717, 1.165) is 60.3 Å². The summed E-state index contributed by atoms with van der Waals surface area (Å²) in [5.41, 5.74) is 2.15. The van der Waals surface area contributed by atoms with E-state index in [0.29, 0.717) is 11.0 Å². The van der Waals surface area contributed by atoms with Crippen molar-refractivity contribution in [1.82, 2.24) is 10.3 Å². The predicted octanol–water partition coefficient (Wildman–Crippen LogP) is 5.64. The lowest BCUT2D eigenvalue weighted by atomic mass is 9.83. The average molecular weight is 465 g/mol. The van der Waals surface area contributed by atoms with Crippen LogP contribution in [0, 0.1) is 5.92 Å². The molecule has 1 N–H and O–H groups in total. The molecule has 1 unspecified atom stereocenters. The van der Waals surface area contributed by atoms with Crippen molar-refractivity contribution in [1.29, 1.82) is 0 Å². The van der Waals surface area contributed by atoms with Gasteiger partial charge in [-0.25, -0.2) is 4.98 Å². The highest BCUT2D eigenvalue weighted by molar-refractivity contribution is 7.20. The fourth-order valence-corrected chi connectivity index (χ4v) is 5.73. The molecule has 1 aromatic heterocycles. The molecule has 1 saturated carbocycles. The Labute approximate surface area is 197 Å². The van der Waals surface area contributed by atoms with Gasteiger partial charge in [0, 0.05) is 12.0 Å². The molecule has 2 heterocycles. The van der Waals surface area contributed by atoms with E-state index in [1.165, 1.54) is 23.2 Å². The van der Waals surface area contributed by atoms with Gasteiger partial charge in [0.2, 0.25) is 0 Å². The SMILES string of the molecule is COc1ccc2nc(C(=O)C3CCC(NC(C4=CC=CCC4)C4=COC=CO4)CC3)sc2c1. The van der Waals surface area contributed by atoms with Gasteiger partial charge in [0.1, 0.15) is 24.5 Å². The topological polar surface area (TPSA) is 69.7 Å². The Hall–Kier alpha value is -2.90. The van der Waals surface area contributed by atoms with E-state index in [1.807, 2.05) is 18.2 Å². The fraction of sp³-hybridized carbons (Fsp3) is 0.385. The van der Waals surface area contributed by atoms with Crippen LogP contribution in [-0.4, -0.2) is 30.0 Å². The highest BCUT2D eigenvalue weighted by Gasteiger charge is 2.32. The first-order valence-corrected chi connectivity index (χ1v) is 12.3. The van der Waals surface area contributed by atoms with Gasteiger partial charge in [-0.05, 0) is 62.3 Å². The second-order valence-corrected chi connectivity index (χ2v) is 9.65. The highest BCUT2D eigenvalue weighted by Crippen LogP contribution is 2.33. The molecule has 5 rings (SSSR count). The van der Waals surface area contributed by atoms with Crippen LogP contribution < -0.4 is 10.1 Å². The number of Topliss-reactive ketones (excluding diaryl/α,β-unsaturated/α-hetero) is 1. The molecular weight excluding hydrogens is 436 g/mol. The minimum absolute atomic E-state index is 0.0172. The maximum atomic E-state index is 13.2. The maximum absolute atomic E-state index is 13.2. The molecule has 0 saturated heterocycles. The Bertz CT molecular complexity index is 1140. The van der Waals surface area contributed by atoms with Crippen LogP contribution >= 0.6 is 11.3 Å². The van der Waals surface area contributed by atoms with Crippen molar-refractivity contribution < 1.29 is 19.0 Å². The van der Waals surface area contributed by atoms with Gasteiger partial charge in [-0.15, -0.1) is 11.3 Å². The summed E-state index contributed by atoms with van der Waals surface area (Å²) in [7, 11) is 1.65. The molecule has 3 aliphatic rings. The number of ketones is 1. The number of methoxy groups -OCH3 is 1. The van der Waals surface area contributed by atoms with Crippen LogP contribution in [0.3, 0.4) is 0 Å². The van der Waals surface area contributed by atoms with Gasteiger partial charge < -0.3 is 19.5 Å². The number of carbonyl (C=O) groups is 1. The Balaban J connectivity index is 1.23. The van der Waals surface area contributed by atoms with Gasteiger partial charge in [-0.1, -0.05) is 18.2 Å². The number of nitrogens with zero attached hydrogens (tertiary/aromatic N) is 1. The summed E-state index contributed by atoms with van der Waals surface area (Å²) in [6.45, 7) is 0. The van der Waals surface area contributed by atoms with Crippen LogP contribution in [0.4, 0.5) is 0 Å². The number of allylic oxidation sites excluding steroid dienone is 3. The van der Waals surface area contributed by atoms with Crippen molar-refractivity contribution in [2.24, 2.45) is 5.92 Å². The van der Waals surface area contributed by atoms with Crippen molar-refractivity contribution in [2.75, 3.05) is 7.11 Å². The minimum Gasteiger partial charge on any atom is -0.497 e. The van der Waals surface area contributed by atoms with Crippen molar-refractivity contribution >= 4 is 27.3 Å². The van der Waals surface area contributed by atoms with E-state index >= 15 is 0 Å². The third-order valence-electron chi connectivity index (χ3n) is 6.53. The number of benzene rings is 1. The number of rotatable bonds is 7. The second-order valence-electron chi connectivity index (χ2n) is 8.62. The number of hydrogen-bond donors (Lipinski definition) is 1. The third-order valence-corrected chi connectivity index (χ3v) is 7.56. The van der Waals surface area contributed by atoms with E-state index in [9.17, 15) is 4.79 Å². The van der Waals surface area contributed by atoms with Crippen molar-refractivity contribution in [3.63, 3.8) is 0 Å². The molecule has 1 atom stereocenters. The smallest absolute Gasteiger partial charge is 0.194 e. The van der Waals surface area contributed by atoms with Gasteiger partial charge in [-0.2, -0.15) is 0 Å². The molecule has 1 fully saturated rings. The predicted molar refractivity (Wildman–Crippen MR) is 129 cm³/mol. The standard InChI is InChI=1S/C26H28N2O4S/c1-30-20-11-12-21-23(15-20)33-26(28-21)25(29)18-7-9-19(10-8-18)27-24(17-5-3-2-4-6-17)22-16-31-13-14-32-22/h2-3,5,11-16,18-19,24,27H,4,6-10H2,1H3. The molecule has 0 bridgehead atoms. The third kappa shape index (κ3) is 4.89. The Kier molecular flexibility index (Phi) is 6.60. The van der Waals surface area contributed by atoms with E-state index in [-0.39, 0.29) is 17.7 Å². The van der Waals surface area contributed by atoms with Crippen LogP contribution in [0.25, 0.3) is 10.2 Å². The lowest BCUT2D eigenvalue weighted by Crippen LogP contribution is -2.44. The van der Waals surface area contributed by atoms with Crippen LogP contribution in [0.15, 0.2) is 66.5 Å². The van der Waals surface area contributed by atoms with E-state index in [1.54, 1.807) is 19.6 Å². The molecule has 0 radical (unpaired) electrons. The molecular formula is C26H28N2O4S. The zero-order chi connectivity index (χ0) is 22.6. The van der Waals surface area contributed by atoms with Crippen LogP contribution in [0.5, 0.6) is 5.75 Å². The number of ether oxygens (including phenoxy) is 3. The van der Waals surface area contributed by atoms with Crippen molar-refractivity contribution in [3.05, 3.63) is 71.6 Å². The molecule has 1 aromatic carbocycles. The molecule has 6 nitrogen and oxygen atoms in total. The lowest BCUT2D eigenvalue weighted by Gasteiger charge is -2.33. The summed E-state index contributed by atoms with van der Waals surface area (Å²) in [4.78, 5) is 17.8. The normalized spacial score (nSPS) is 23.3. The molecule has 2 aromatic rings. The maximum Gasteiger partial charge on any atom is 0.194 e. The first-order valence-electron chi connectivity index (χ1n) is 11.5. The summed E-state index contributed by atoms with van der Waals surface area (Å²) < 4.78 is 17.4. The summed E-state index contributed by atoms with van der Waals surface area (Å²) in [5, 5.41) is 4.39. The van der Waals surface area contributed by atoms with Gasteiger partial charge >= 0.3 is 0 Å². The molecule has 0 amide bonds. The number of fused-ring (bicyclic) bond motifs is 1. The first-order chi connectivity index (χ1) is 16.2. The van der Waals surface area contributed by atoms with Crippen molar-refractivity contribution in [2.45, 2.75) is 50.6 Å². The Morgan fingerprint density at radius 3 is 2.85 bits per heavy atom. The number of nitrogens with one attached hydrogen (secondary N) is 1. The quantitative estimate of drug-likeness (QED) is 0.535. The first kappa shape index (κ1) is 21.9. The summed E-state index contributed by atoms with van der Waals surface area (Å²) >= 11 is 1.46. The minimum atomic E-state index is -0.0172. The summed E-state index contributed by atoms with van der Waals surface area (Å²) in [5.74, 6) is 1.76. The summed E-state index contributed by atoms with van der Waals surface area (Å²) in [6, 6.07) is 6.05. The number of thiazole rings is 1. The molecule has 7 heteroatoms. The second kappa shape index (κ2) is 9.93. The van der Waals surface area contributed by atoms with Gasteiger partial charge in [0.05, 0.1) is 23.4 Å². The van der Waals surface area contributed by atoms with Crippen LogP contribution in [0.2, 0.25) is 0 Å². The van der Waals surface area contributed by atoms with Gasteiger partial charge in [0.15, 0.2) is 16.6 Å². The van der Waals surface area contributed by atoms with E-state index < -0.39 is 0 Å². The molecule has 0 spiro atoms. The van der Waals surface area contributed by atoms with Crippen LogP contribution in [-0.2, 0) is 9.47 Å². The van der Waals surface area contributed by atoms with Crippen molar-refractivity contribution in [3.8, 4) is 5.75 Å². The average Bonchev–Trinajstić information content (AvgIpc) is 3.31. The number of hydrogen-bond acceptors (Lipinski definition) is 7. The van der Waals surface area contributed by atoms with Gasteiger partial charge in [-0.3, -0.25) is 4.79 Å². The fourth-order valence-electron chi connectivity index (χ4n) is 4.71. The zero-order valence-corrected chi connectivity index (χ0v) is 19.5. The van der Waals surface area contributed by atoms with Gasteiger partial charge in [0.25, 0.3) is 0 Å². The molecule has 2 aliphatic carbocycles. The Morgan fingerprint density at radius 2 is 2.12 bits per heavy atom. The number of aromatic nitrogens is 1. The largest absolute Gasteiger partial charge is 0.497 e.